The van der Waals surface area contributed by atoms with E-state index in [1.807, 2.05) is 6.92 Å². The molecule has 0 bridgehead atoms. The van der Waals surface area contributed by atoms with Gasteiger partial charge in [0, 0.05) is 31.6 Å². The monoisotopic (exact) mass is 490 g/mol. The molecule has 1 aromatic rings. The van der Waals surface area contributed by atoms with Crippen molar-refractivity contribution in [3.8, 4) is 0 Å². The summed E-state index contributed by atoms with van der Waals surface area (Å²) in [5.41, 5.74) is 0. The number of ether oxygens (including phenoxy) is 1. The molecule has 1 amide bonds. The Kier molecular flexibility index (Phi) is 7.66. The zero-order valence-corrected chi connectivity index (χ0v) is 20.0. The number of sulfonamides is 1. The minimum absolute atomic E-state index is 0.00669. The van der Waals surface area contributed by atoms with Crippen molar-refractivity contribution in [3.05, 3.63) is 17.9 Å². The summed E-state index contributed by atoms with van der Waals surface area (Å²) < 4.78 is 60.8. The van der Waals surface area contributed by atoms with Crippen molar-refractivity contribution in [3.63, 3.8) is 0 Å². The fourth-order valence-corrected chi connectivity index (χ4v) is 7.32. The number of sulfone groups is 1. The number of hydrogen-bond donors (Lipinski definition) is 0. The Morgan fingerprint density at radius 3 is 2.44 bits per heavy atom. The number of piperidine rings is 1. The second-order valence-corrected chi connectivity index (χ2v) is 12.2. The second-order valence-electron chi connectivity index (χ2n) is 8.11. The van der Waals surface area contributed by atoms with Gasteiger partial charge >= 0.3 is 5.97 Å². The molecular weight excluding hydrogens is 460 g/mol. The van der Waals surface area contributed by atoms with Gasteiger partial charge in [0.05, 0.1) is 18.1 Å². The molecule has 0 aliphatic carbocycles. The highest BCUT2D eigenvalue weighted by Crippen LogP contribution is 2.28. The highest BCUT2D eigenvalue weighted by molar-refractivity contribution is 7.91. The van der Waals surface area contributed by atoms with Gasteiger partial charge in [-0.1, -0.05) is 6.92 Å². The lowest BCUT2D eigenvalue weighted by molar-refractivity contribution is -0.138. The van der Waals surface area contributed by atoms with Crippen LogP contribution in [0.15, 0.2) is 21.6 Å². The van der Waals surface area contributed by atoms with Crippen molar-refractivity contribution in [2.45, 2.75) is 50.7 Å². The van der Waals surface area contributed by atoms with Gasteiger partial charge in [-0.3, -0.25) is 4.79 Å². The van der Waals surface area contributed by atoms with Gasteiger partial charge in [0.1, 0.15) is 0 Å². The van der Waals surface area contributed by atoms with Crippen LogP contribution in [0.5, 0.6) is 0 Å². The van der Waals surface area contributed by atoms with Crippen molar-refractivity contribution in [2.24, 2.45) is 5.92 Å². The summed E-state index contributed by atoms with van der Waals surface area (Å²) in [6, 6.07) is 2.18. The van der Waals surface area contributed by atoms with Gasteiger partial charge in [-0.05, 0) is 44.7 Å². The van der Waals surface area contributed by atoms with Crippen LogP contribution in [0.1, 0.15) is 50.1 Å². The number of amides is 1. The Morgan fingerprint density at radius 2 is 1.88 bits per heavy atom. The van der Waals surface area contributed by atoms with Crippen LogP contribution in [0.25, 0.3) is 0 Å². The van der Waals surface area contributed by atoms with Gasteiger partial charge in [-0.25, -0.2) is 21.6 Å². The zero-order valence-electron chi connectivity index (χ0n) is 18.4. The molecule has 2 aliphatic rings. The lowest BCUT2D eigenvalue weighted by atomic mass is 9.95. The molecule has 1 aromatic heterocycles. The first-order chi connectivity index (χ1) is 15.1. The van der Waals surface area contributed by atoms with Crippen molar-refractivity contribution in [2.75, 3.05) is 37.7 Å². The van der Waals surface area contributed by atoms with Gasteiger partial charge in [0.25, 0.3) is 10.0 Å². The van der Waals surface area contributed by atoms with Crippen LogP contribution in [-0.2, 0) is 29.4 Å². The van der Waals surface area contributed by atoms with E-state index < -0.39 is 25.8 Å². The summed E-state index contributed by atoms with van der Waals surface area (Å²) in [6.45, 7) is 4.48. The lowest BCUT2D eigenvalue weighted by Crippen LogP contribution is -2.48. The molecule has 0 aromatic carbocycles. The van der Waals surface area contributed by atoms with E-state index in [9.17, 15) is 26.4 Å². The molecule has 2 saturated heterocycles. The van der Waals surface area contributed by atoms with Gasteiger partial charge in [0.2, 0.25) is 16.8 Å². The highest BCUT2D eigenvalue weighted by Gasteiger charge is 2.39. The average Bonchev–Trinajstić information content (AvgIpc) is 3.39. The third-order valence-corrected chi connectivity index (χ3v) is 9.38. The Hall–Kier alpha value is -1.92. The standard InChI is InChI=1S/C20H30N2O8S2/c1-3-10-22(16-9-13-31(25,26)14-16)19(23)15-7-11-21(12-8-15)32(27,28)18-6-5-17(30-18)20(24)29-4-2/h5-6,15-16H,3-4,7-14H2,1-2H3. The molecule has 0 saturated carbocycles. The fraction of sp³-hybridized carbons (Fsp3) is 0.700. The normalized spacial score (nSPS) is 22.0. The Labute approximate surface area is 188 Å². The highest BCUT2D eigenvalue weighted by atomic mass is 32.2. The maximum atomic E-state index is 13.1. The summed E-state index contributed by atoms with van der Waals surface area (Å²) in [4.78, 5) is 26.6. The first-order valence-corrected chi connectivity index (χ1v) is 14.1. The van der Waals surface area contributed by atoms with Gasteiger partial charge in [-0.15, -0.1) is 0 Å². The number of esters is 1. The third-order valence-electron chi connectivity index (χ3n) is 5.85. The SMILES string of the molecule is CCCN(C(=O)C1CCN(S(=O)(=O)c2ccc(C(=O)OCC)o2)CC1)C1CCS(=O)(=O)C1. The summed E-state index contributed by atoms with van der Waals surface area (Å²) in [6.07, 6.45) is 1.84. The van der Waals surface area contributed by atoms with Crippen LogP contribution in [0, 0.1) is 5.92 Å². The predicted molar refractivity (Wildman–Crippen MR) is 115 cm³/mol. The summed E-state index contributed by atoms with van der Waals surface area (Å²) in [5, 5.41) is -0.339. The van der Waals surface area contributed by atoms with Crippen molar-refractivity contribution in [1.82, 2.24) is 9.21 Å². The van der Waals surface area contributed by atoms with Gasteiger partial charge in [0.15, 0.2) is 9.84 Å². The Balaban J connectivity index is 1.64. The third kappa shape index (κ3) is 5.34. The van der Waals surface area contributed by atoms with E-state index in [1.54, 1.807) is 11.8 Å². The number of carbonyl (C=O) groups is 2. The maximum absolute atomic E-state index is 13.1. The molecule has 32 heavy (non-hydrogen) atoms. The summed E-state index contributed by atoms with van der Waals surface area (Å²) in [7, 11) is -7.06. The minimum Gasteiger partial charge on any atom is -0.460 e. The number of hydrogen-bond acceptors (Lipinski definition) is 8. The number of rotatable bonds is 8. The van der Waals surface area contributed by atoms with E-state index in [-0.39, 0.29) is 59.9 Å². The van der Waals surface area contributed by atoms with Crippen LogP contribution in [-0.4, -0.2) is 81.7 Å². The first-order valence-electron chi connectivity index (χ1n) is 10.9. The minimum atomic E-state index is -3.95. The Bertz CT molecular complexity index is 1040. The number of furan rings is 1. The fourth-order valence-electron chi connectivity index (χ4n) is 4.21. The molecule has 3 rings (SSSR count). The van der Waals surface area contributed by atoms with E-state index >= 15 is 0 Å². The van der Waals surface area contributed by atoms with Crippen molar-refractivity contribution in [1.29, 1.82) is 0 Å². The van der Waals surface area contributed by atoms with E-state index in [2.05, 4.69) is 0 Å². The molecule has 2 fully saturated rings. The molecule has 1 unspecified atom stereocenters. The van der Waals surface area contributed by atoms with Crippen LogP contribution >= 0.6 is 0 Å². The zero-order chi connectivity index (χ0) is 23.5. The molecule has 10 nitrogen and oxygen atoms in total. The Morgan fingerprint density at radius 1 is 1.19 bits per heavy atom. The van der Waals surface area contributed by atoms with Crippen molar-refractivity contribution >= 4 is 31.7 Å². The maximum Gasteiger partial charge on any atom is 0.374 e. The molecular formula is C20H30N2O8S2. The van der Waals surface area contributed by atoms with Crippen LogP contribution in [0.3, 0.4) is 0 Å². The smallest absolute Gasteiger partial charge is 0.374 e. The predicted octanol–water partition coefficient (Wildman–Crippen LogP) is 1.28. The number of nitrogens with zero attached hydrogens (tertiary/aromatic N) is 2. The second kappa shape index (κ2) is 9.92. The molecule has 0 spiro atoms. The molecule has 1 atom stereocenters. The van der Waals surface area contributed by atoms with E-state index in [0.29, 0.717) is 25.8 Å². The summed E-state index contributed by atoms with van der Waals surface area (Å²) in [5.74, 6) is -1.29. The molecule has 0 radical (unpaired) electrons. The summed E-state index contributed by atoms with van der Waals surface area (Å²) >= 11 is 0. The van der Waals surface area contributed by atoms with E-state index in [1.165, 1.54) is 16.4 Å². The lowest BCUT2D eigenvalue weighted by Gasteiger charge is -2.35. The van der Waals surface area contributed by atoms with Crippen LogP contribution in [0.2, 0.25) is 0 Å². The molecule has 3 heterocycles. The van der Waals surface area contributed by atoms with Gasteiger partial charge in [-0.2, -0.15) is 4.31 Å². The molecule has 12 heteroatoms. The van der Waals surface area contributed by atoms with Gasteiger partial charge < -0.3 is 14.1 Å². The quantitative estimate of drug-likeness (QED) is 0.498. The largest absolute Gasteiger partial charge is 0.460 e. The van der Waals surface area contributed by atoms with Crippen molar-refractivity contribution < 1.29 is 35.6 Å². The molecule has 0 N–H and O–H groups in total. The van der Waals surface area contributed by atoms with Crippen LogP contribution in [0.4, 0.5) is 0 Å². The topological polar surface area (TPSA) is 131 Å². The average molecular weight is 491 g/mol. The van der Waals surface area contributed by atoms with E-state index in [4.69, 9.17) is 9.15 Å². The first kappa shape index (κ1) is 24.7. The van der Waals surface area contributed by atoms with E-state index in [0.717, 1.165) is 6.42 Å². The molecule has 2 aliphatic heterocycles. The van der Waals surface area contributed by atoms with Crippen LogP contribution < -0.4 is 0 Å². The molecule has 180 valence electrons. The number of carbonyl (C=O) groups excluding carboxylic acids is 2.